The van der Waals surface area contributed by atoms with Gasteiger partial charge in [0.2, 0.25) is 0 Å². The number of carbonyl (C=O) groups is 2. The Balaban J connectivity index is 1.87. The van der Waals surface area contributed by atoms with E-state index in [1.54, 1.807) is 26.0 Å². The minimum atomic E-state index is -0.828. The summed E-state index contributed by atoms with van der Waals surface area (Å²) in [7, 11) is 0. The minimum absolute atomic E-state index is 0.00508. The molecule has 22 heavy (non-hydrogen) atoms. The van der Waals surface area contributed by atoms with Crippen molar-refractivity contribution >= 4 is 17.6 Å². The van der Waals surface area contributed by atoms with Crippen LogP contribution in [0, 0.1) is 23.0 Å². The van der Waals surface area contributed by atoms with E-state index >= 15 is 0 Å². The lowest BCUT2D eigenvalue weighted by Crippen LogP contribution is -2.46. The number of imide groups is 1. The van der Waals surface area contributed by atoms with Crippen LogP contribution in [0.5, 0.6) is 0 Å². The maximum atomic E-state index is 12.6. The minimum Gasteiger partial charge on any atom is -0.323 e. The van der Waals surface area contributed by atoms with Crippen LogP contribution in [-0.4, -0.2) is 27.3 Å². The zero-order valence-corrected chi connectivity index (χ0v) is 12.5. The molecule has 2 aliphatic rings. The van der Waals surface area contributed by atoms with Gasteiger partial charge in [0.05, 0.1) is 11.5 Å². The molecule has 1 aliphatic carbocycles. The first kappa shape index (κ1) is 14.5. The van der Waals surface area contributed by atoms with Crippen LogP contribution in [0.4, 0.5) is 10.5 Å². The molecule has 1 saturated carbocycles. The van der Waals surface area contributed by atoms with Gasteiger partial charge in [-0.15, -0.1) is 0 Å². The van der Waals surface area contributed by atoms with Crippen molar-refractivity contribution in [2.24, 2.45) is 5.92 Å². The SMILES string of the molecule is Cc1c(CN2C(=O)NC(C)(C3CC3)C2=O)cccc1[N+](=O)[O-]. The van der Waals surface area contributed by atoms with Gasteiger partial charge in [-0.2, -0.15) is 0 Å². The third kappa shape index (κ3) is 2.13. The summed E-state index contributed by atoms with van der Waals surface area (Å²) < 4.78 is 0. The van der Waals surface area contributed by atoms with Crippen molar-refractivity contribution in [2.75, 3.05) is 0 Å². The number of nitro groups is 1. The van der Waals surface area contributed by atoms with Crippen molar-refractivity contribution < 1.29 is 14.5 Å². The Morgan fingerprint density at radius 3 is 2.68 bits per heavy atom. The molecule has 1 N–H and O–H groups in total. The van der Waals surface area contributed by atoms with E-state index < -0.39 is 16.5 Å². The third-order valence-corrected chi connectivity index (χ3v) is 4.64. The summed E-state index contributed by atoms with van der Waals surface area (Å²) in [6, 6.07) is 4.26. The summed E-state index contributed by atoms with van der Waals surface area (Å²) in [6.45, 7) is 3.44. The lowest BCUT2D eigenvalue weighted by molar-refractivity contribution is -0.385. The van der Waals surface area contributed by atoms with Crippen molar-refractivity contribution in [2.45, 2.75) is 38.8 Å². The fourth-order valence-electron chi connectivity index (χ4n) is 3.01. The van der Waals surface area contributed by atoms with E-state index in [1.165, 1.54) is 6.07 Å². The van der Waals surface area contributed by atoms with Crippen LogP contribution >= 0.6 is 0 Å². The number of amides is 3. The van der Waals surface area contributed by atoms with E-state index in [0.717, 1.165) is 17.7 Å². The number of hydrogen-bond acceptors (Lipinski definition) is 4. The molecule has 1 heterocycles. The molecule has 2 fully saturated rings. The predicted molar refractivity (Wildman–Crippen MR) is 78.0 cm³/mol. The molecule has 3 rings (SSSR count). The van der Waals surface area contributed by atoms with E-state index in [0.29, 0.717) is 11.1 Å². The van der Waals surface area contributed by atoms with Gasteiger partial charge in [-0.1, -0.05) is 12.1 Å². The van der Waals surface area contributed by atoms with Crippen molar-refractivity contribution in [3.63, 3.8) is 0 Å². The Labute approximate surface area is 127 Å². The Morgan fingerprint density at radius 1 is 1.41 bits per heavy atom. The zero-order chi connectivity index (χ0) is 16.1. The molecule has 116 valence electrons. The molecule has 1 saturated heterocycles. The van der Waals surface area contributed by atoms with Gasteiger partial charge in [0.1, 0.15) is 5.54 Å². The number of hydrogen-bond donors (Lipinski definition) is 1. The van der Waals surface area contributed by atoms with Crippen molar-refractivity contribution in [1.82, 2.24) is 10.2 Å². The molecule has 7 nitrogen and oxygen atoms in total. The average molecular weight is 303 g/mol. The van der Waals surface area contributed by atoms with Crippen LogP contribution in [0.3, 0.4) is 0 Å². The fraction of sp³-hybridized carbons (Fsp3) is 0.467. The number of urea groups is 1. The summed E-state index contributed by atoms with van der Waals surface area (Å²) in [5.41, 5.74) is 0.256. The number of rotatable bonds is 4. The predicted octanol–water partition coefficient (Wildman–Crippen LogP) is 2.12. The molecule has 0 bridgehead atoms. The molecule has 0 radical (unpaired) electrons. The first-order chi connectivity index (χ1) is 10.3. The highest BCUT2D eigenvalue weighted by Crippen LogP contribution is 2.43. The Morgan fingerprint density at radius 2 is 2.09 bits per heavy atom. The highest BCUT2D eigenvalue weighted by atomic mass is 16.6. The molecule has 1 atom stereocenters. The first-order valence-electron chi connectivity index (χ1n) is 7.21. The van der Waals surface area contributed by atoms with Gasteiger partial charge in [0.15, 0.2) is 0 Å². The maximum absolute atomic E-state index is 12.6. The summed E-state index contributed by atoms with van der Waals surface area (Å²) in [4.78, 5) is 36.4. The number of nitrogens with zero attached hydrogens (tertiary/aromatic N) is 2. The van der Waals surface area contributed by atoms with E-state index in [-0.39, 0.29) is 24.1 Å². The molecule has 0 aromatic heterocycles. The smallest absolute Gasteiger partial charge is 0.323 e. The van der Waals surface area contributed by atoms with Crippen LogP contribution in [0.25, 0.3) is 0 Å². The van der Waals surface area contributed by atoms with Crippen molar-refractivity contribution in [3.8, 4) is 0 Å². The second-order valence-corrected chi connectivity index (χ2v) is 6.12. The molecule has 1 aliphatic heterocycles. The lowest BCUT2D eigenvalue weighted by Gasteiger charge is -2.21. The molecule has 1 aromatic carbocycles. The summed E-state index contributed by atoms with van der Waals surface area (Å²) >= 11 is 0. The zero-order valence-electron chi connectivity index (χ0n) is 12.5. The van der Waals surface area contributed by atoms with Crippen LogP contribution in [0.2, 0.25) is 0 Å². The fourth-order valence-corrected chi connectivity index (χ4v) is 3.01. The standard InChI is InChI=1S/C15H17N3O4/c1-9-10(4-3-5-12(9)18(21)22)8-17-13(19)15(2,11-6-7-11)16-14(17)20/h3-5,11H,6-8H2,1-2H3,(H,16,20). The topological polar surface area (TPSA) is 92.6 Å². The quantitative estimate of drug-likeness (QED) is 0.524. The third-order valence-electron chi connectivity index (χ3n) is 4.64. The van der Waals surface area contributed by atoms with E-state index in [2.05, 4.69) is 5.32 Å². The van der Waals surface area contributed by atoms with Gasteiger partial charge in [-0.05, 0) is 38.2 Å². The average Bonchev–Trinajstić information content (AvgIpc) is 3.26. The summed E-state index contributed by atoms with van der Waals surface area (Å²) in [6.07, 6.45) is 1.87. The molecule has 1 aromatic rings. The number of nitro benzene ring substituents is 1. The summed E-state index contributed by atoms with van der Waals surface area (Å²) in [5, 5.41) is 13.8. The second kappa shape index (κ2) is 4.79. The highest BCUT2D eigenvalue weighted by Gasteiger charge is 2.55. The molecule has 7 heteroatoms. The maximum Gasteiger partial charge on any atom is 0.325 e. The van der Waals surface area contributed by atoms with Crippen LogP contribution < -0.4 is 5.32 Å². The molecular weight excluding hydrogens is 286 g/mol. The normalized spacial score (nSPS) is 24.5. The lowest BCUT2D eigenvalue weighted by atomic mass is 9.96. The molecule has 1 unspecified atom stereocenters. The highest BCUT2D eigenvalue weighted by molar-refractivity contribution is 6.07. The number of nitrogens with one attached hydrogen (secondary N) is 1. The van der Waals surface area contributed by atoms with Crippen LogP contribution in [-0.2, 0) is 11.3 Å². The van der Waals surface area contributed by atoms with Gasteiger partial charge in [0, 0.05) is 11.6 Å². The second-order valence-electron chi connectivity index (χ2n) is 6.12. The van der Waals surface area contributed by atoms with Gasteiger partial charge in [-0.3, -0.25) is 19.8 Å². The van der Waals surface area contributed by atoms with Gasteiger partial charge >= 0.3 is 6.03 Å². The number of benzene rings is 1. The molecular formula is C15H17N3O4. The monoisotopic (exact) mass is 303 g/mol. The van der Waals surface area contributed by atoms with Crippen molar-refractivity contribution in [1.29, 1.82) is 0 Å². The van der Waals surface area contributed by atoms with Gasteiger partial charge < -0.3 is 5.32 Å². The Kier molecular flexibility index (Phi) is 3.16. The van der Waals surface area contributed by atoms with Crippen LogP contribution in [0.1, 0.15) is 30.9 Å². The molecule has 3 amide bonds. The molecule has 0 spiro atoms. The largest absolute Gasteiger partial charge is 0.325 e. The number of carbonyl (C=O) groups excluding carboxylic acids is 2. The first-order valence-corrected chi connectivity index (χ1v) is 7.21. The van der Waals surface area contributed by atoms with E-state index in [1.807, 2.05) is 0 Å². The Hall–Kier alpha value is -2.44. The van der Waals surface area contributed by atoms with Crippen molar-refractivity contribution in [3.05, 3.63) is 39.4 Å². The van der Waals surface area contributed by atoms with E-state index in [9.17, 15) is 19.7 Å². The van der Waals surface area contributed by atoms with E-state index in [4.69, 9.17) is 0 Å². The van der Waals surface area contributed by atoms with Gasteiger partial charge in [-0.25, -0.2) is 4.79 Å². The Bertz CT molecular complexity index is 683. The van der Waals surface area contributed by atoms with Gasteiger partial charge in [0.25, 0.3) is 11.6 Å². The van der Waals surface area contributed by atoms with Crippen LogP contribution in [0.15, 0.2) is 18.2 Å². The summed E-state index contributed by atoms with van der Waals surface area (Å²) in [5.74, 6) is -0.0499.